The van der Waals surface area contributed by atoms with E-state index in [9.17, 15) is 10.2 Å². The van der Waals surface area contributed by atoms with E-state index in [2.05, 4.69) is 47.9 Å². The summed E-state index contributed by atoms with van der Waals surface area (Å²) in [5, 5.41) is 27.4. The van der Waals surface area contributed by atoms with Gasteiger partial charge >= 0.3 is 0 Å². The quantitative estimate of drug-likeness (QED) is 0.235. The Kier molecular flexibility index (Phi) is 8.03. The maximum Gasteiger partial charge on any atom is 0.193 e. The summed E-state index contributed by atoms with van der Waals surface area (Å²) < 4.78 is 0. The van der Waals surface area contributed by atoms with Crippen LogP contribution in [-0.2, 0) is 13.0 Å². The molecule has 3 aliphatic rings. The summed E-state index contributed by atoms with van der Waals surface area (Å²) in [5.41, 5.74) is 21.0. The molecule has 0 heterocycles. The summed E-state index contributed by atoms with van der Waals surface area (Å²) in [4.78, 5) is 8.64. The summed E-state index contributed by atoms with van der Waals surface area (Å²) in [6.45, 7) is 17.3. The second kappa shape index (κ2) is 11.3. The highest BCUT2D eigenvalue weighted by molar-refractivity contribution is 5.97. The van der Waals surface area contributed by atoms with Crippen LogP contribution in [0.2, 0.25) is 0 Å². The summed E-state index contributed by atoms with van der Waals surface area (Å²) in [6.07, 6.45) is 1.41. The van der Waals surface area contributed by atoms with Gasteiger partial charge in [0.15, 0.2) is 5.96 Å². The van der Waals surface area contributed by atoms with Crippen molar-refractivity contribution in [3.63, 3.8) is 0 Å². The second-order valence-electron chi connectivity index (χ2n) is 12.8. The minimum absolute atomic E-state index is 0.0976. The fraction of sp³-hybridized carbons (Fsp3) is 0.361. The maximum absolute atomic E-state index is 12.6. The highest BCUT2D eigenvalue weighted by Crippen LogP contribution is 2.58. The molecule has 0 radical (unpaired) electrons. The first-order valence-electron chi connectivity index (χ1n) is 15.0. The number of hydrogen-bond acceptors (Lipinski definition) is 6. The van der Waals surface area contributed by atoms with Gasteiger partial charge in [0.25, 0.3) is 0 Å². The average Bonchev–Trinajstić information content (AvgIpc) is 2.95. The van der Waals surface area contributed by atoms with Crippen LogP contribution in [0.1, 0.15) is 35.6 Å². The highest BCUT2D eigenvalue weighted by Gasteiger charge is 2.57. The molecule has 0 saturated heterocycles. The van der Waals surface area contributed by atoms with Crippen LogP contribution in [-0.4, -0.2) is 60.9 Å². The molecule has 4 atom stereocenters. The Morgan fingerprint density at radius 1 is 1.11 bits per heavy atom. The number of aliphatic hydroxyl groups is 2. The number of nitrogens with zero attached hydrogens (tertiary/aromatic N) is 3. The van der Waals surface area contributed by atoms with E-state index in [1.54, 1.807) is 0 Å². The van der Waals surface area contributed by atoms with E-state index in [0.717, 1.165) is 51.2 Å². The predicted octanol–water partition coefficient (Wildman–Crippen LogP) is 5.03. The van der Waals surface area contributed by atoms with Crippen LogP contribution >= 0.6 is 0 Å². The van der Waals surface area contributed by atoms with E-state index in [0.29, 0.717) is 30.1 Å². The molecule has 0 saturated carbocycles. The fourth-order valence-corrected chi connectivity index (χ4v) is 7.78. The molecule has 8 nitrogen and oxygen atoms in total. The topological polar surface area (TPSA) is 123 Å². The third kappa shape index (κ3) is 4.82. The van der Waals surface area contributed by atoms with E-state index in [-0.39, 0.29) is 23.3 Å². The van der Waals surface area contributed by atoms with Gasteiger partial charge in [-0.1, -0.05) is 50.1 Å². The molecule has 232 valence electrons. The first-order chi connectivity index (χ1) is 20.7. The maximum atomic E-state index is 12.6. The Balaban J connectivity index is 1.62. The Morgan fingerprint density at radius 2 is 1.77 bits per heavy atom. The number of nitrogens with one attached hydrogen (secondary N) is 1. The Morgan fingerprint density at radius 3 is 2.36 bits per heavy atom. The number of anilines is 2. The van der Waals surface area contributed by atoms with E-state index in [1.165, 1.54) is 5.56 Å². The van der Waals surface area contributed by atoms with Crippen molar-refractivity contribution in [2.45, 2.75) is 44.9 Å². The first kappa shape index (κ1) is 31.2. The second-order valence-corrected chi connectivity index (χ2v) is 12.8. The zero-order valence-electron chi connectivity index (χ0n) is 26.8. The molecular formula is C36H46N6O2. The largest absolute Gasteiger partial charge is 0.510 e. The fourth-order valence-electron chi connectivity index (χ4n) is 7.78. The van der Waals surface area contributed by atoms with Crippen LogP contribution in [0.15, 0.2) is 94.9 Å². The van der Waals surface area contributed by atoms with Crippen LogP contribution in [0.25, 0.3) is 5.57 Å². The Hall–Kier alpha value is -4.27. The Labute approximate surface area is 261 Å². The average molecular weight is 595 g/mol. The molecule has 0 bridgehead atoms. The number of hydrogen-bond donors (Lipinski definition) is 5. The standard InChI is InChI=1S/C36H46N6O2/c1-19-28(40-35(38)39-18-24-13-11-10-12-14-24)17-29(41(6)7)26-15-25-16-27-33(42(8)9)34(43)32(23(5)37)22(4)36(27,44)21(3)31(25)20(2)30(19)26/h10-14,17,25,27,33,43-44H,2,4-5,15-16,18,37H2,1,3,6-9H3,(H3,38,39,40)/t25-,27-,33?,36-/m0/s1. The van der Waals surface area contributed by atoms with Gasteiger partial charge in [0.2, 0.25) is 0 Å². The molecule has 5 rings (SSSR count). The molecule has 2 aromatic carbocycles. The van der Waals surface area contributed by atoms with Gasteiger partial charge in [0.1, 0.15) is 11.4 Å². The third-order valence-corrected chi connectivity index (χ3v) is 9.78. The van der Waals surface area contributed by atoms with Crippen molar-refractivity contribution in [2.75, 3.05) is 38.4 Å². The van der Waals surface area contributed by atoms with Crippen molar-refractivity contribution in [3.8, 4) is 0 Å². The SMILES string of the molecule is C=C(N)C1=C(O)C(N(C)C)[C@@H]2C[C@@H]3Cc4c(N(C)C)cc(NC(N)=NCc5ccccc5)c(C)c4C(=C)C3=C(C)[C@]2(O)C1=C. The number of fused-ring (bicyclic) bond motifs is 3. The molecule has 8 heteroatoms. The smallest absolute Gasteiger partial charge is 0.193 e. The molecule has 0 spiro atoms. The molecule has 44 heavy (non-hydrogen) atoms. The van der Waals surface area contributed by atoms with Gasteiger partial charge in [0.05, 0.1) is 12.6 Å². The molecular weight excluding hydrogens is 548 g/mol. The van der Waals surface area contributed by atoms with Crippen molar-refractivity contribution in [3.05, 3.63) is 112 Å². The lowest BCUT2D eigenvalue weighted by Crippen LogP contribution is -2.58. The molecule has 0 amide bonds. The van der Waals surface area contributed by atoms with E-state index in [4.69, 9.17) is 11.5 Å². The minimum atomic E-state index is -1.42. The van der Waals surface area contributed by atoms with E-state index >= 15 is 0 Å². The number of likely N-dealkylation sites (N-methyl/N-ethyl adjacent to an activating group) is 1. The number of rotatable bonds is 6. The van der Waals surface area contributed by atoms with Gasteiger partial charge < -0.3 is 31.9 Å². The van der Waals surface area contributed by atoms with Crippen LogP contribution in [0, 0.1) is 18.8 Å². The predicted molar refractivity (Wildman–Crippen MR) is 182 cm³/mol. The van der Waals surface area contributed by atoms with Crippen molar-refractivity contribution in [1.82, 2.24) is 4.90 Å². The molecule has 3 aliphatic carbocycles. The van der Waals surface area contributed by atoms with Gasteiger partial charge in [-0.05, 0) is 97.3 Å². The van der Waals surface area contributed by atoms with Gasteiger partial charge in [-0.15, -0.1) is 0 Å². The van der Waals surface area contributed by atoms with Gasteiger partial charge in [-0.2, -0.15) is 0 Å². The number of aliphatic imine (C=N–C) groups is 1. The minimum Gasteiger partial charge on any atom is -0.510 e. The van der Waals surface area contributed by atoms with Crippen molar-refractivity contribution in [2.24, 2.45) is 28.3 Å². The Bertz CT molecular complexity index is 1650. The van der Waals surface area contributed by atoms with Crippen molar-refractivity contribution < 1.29 is 10.2 Å². The summed E-state index contributed by atoms with van der Waals surface area (Å²) in [5.74, 6) is 0.211. The van der Waals surface area contributed by atoms with Crippen LogP contribution in [0.4, 0.5) is 11.4 Å². The summed E-state index contributed by atoms with van der Waals surface area (Å²) >= 11 is 0. The number of aliphatic hydroxyl groups excluding tert-OH is 1. The summed E-state index contributed by atoms with van der Waals surface area (Å²) in [7, 11) is 7.90. The van der Waals surface area contributed by atoms with Gasteiger partial charge in [-0.3, -0.25) is 4.90 Å². The van der Waals surface area contributed by atoms with Crippen LogP contribution in [0.5, 0.6) is 0 Å². The molecule has 2 aromatic rings. The lowest BCUT2D eigenvalue weighted by Gasteiger charge is -2.54. The molecule has 7 N–H and O–H groups in total. The lowest BCUT2D eigenvalue weighted by molar-refractivity contribution is -0.0178. The molecule has 1 unspecified atom stereocenters. The highest BCUT2D eigenvalue weighted by atomic mass is 16.3. The normalized spacial score (nSPS) is 25.1. The lowest BCUT2D eigenvalue weighted by atomic mass is 9.55. The molecule has 0 aromatic heterocycles. The zero-order valence-corrected chi connectivity index (χ0v) is 26.8. The zero-order chi connectivity index (χ0) is 32.2. The summed E-state index contributed by atoms with van der Waals surface area (Å²) in [6, 6.07) is 11.7. The van der Waals surface area contributed by atoms with E-state index < -0.39 is 11.6 Å². The number of benzene rings is 2. The number of allylic oxidation sites excluding steroid dienone is 3. The molecule has 0 fully saturated rings. The van der Waals surface area contributed by atoms with E-state index in [1.807, 2.05) is 70.3 Å². The third-order valence-electron chi connectivity index (χ3n) is 9.78. The van der Waals surface area contributed by atoms with Crippen molar-refractivity contribution in [1.29, 1.82) is 0 Å². The van der Waals surface area contributed by atoms with Gasteiger partial charge in [-0.25, -0.2) is 4.99 Å². The molecule has 0 aliphatic heterocycles. The van der Waals surface area contributed by atoms with Crippen molar-refractivity contribution >= 4 is 22.9 Å². The van der Waals surface area contributed by atoms with Gasteiger partial charge in [0, 0.05) is 42.7 Å². The monoisotopic (exact) mass is 594 g/mol. The van der Waals surface area contributed by atoms with Crippen LogP contribution in [0.3, 0.4) is 0 Å². The first-order valence-corrected chi connectivity index (χ1v) is 15.0. The van der Waals surface area contributed by atoms with Crippen LogP contribution < -0.4 is 21.7 Å². The number of guanidine groups is 1. The number of nitrogens with two attached hydrogens (primary N) is 2.